The smallest absolute Gasteiger partial charge is 0.257 e. The van der Waals surface area contributed by atoms with Gasteiger partial charge in [0.25, 0.3) is 5.91 Å². The Labute approximate surface area is 104 Å². The van der Waals surface area contributed by atoms with E-state index in [2.05, 4.69) is 10.3 Å². The van der Waals surface area contributed by atoms with Crippen molar-refractivity contribution in [3.05, 3.63) is 53.6 Å². The van der Waals surface area contributed by atoms with Crippen molar-refractivity contribution in [1.29, 1.82) is 0 Å². The number of halogens is 1. The molecule has 2 aromatic rings. The number of nitrogen functional groups attached to an aromatic ring is 1. The fourth-order valence-electron chi connectivity index (χ4n) is 1.56. The lowest BCUT2D eigenvalue weighted by atomic mass is 10.1. The molecule has 0 atom stereocenters. The normalized spacial score (nSPS) is 10.1. The lowest BCUT2D eigenvalue weighted by molar-refractivity contribution is 0.102. The van der Waals surface area contributed by atoms with E-state index in [9.17, 15) is 9.18 Å². The molecule has 1 aromatic heterocycles. The number of carbonyl (C=O) groups is 1. The molecule has 2 rings (SSSR count). The van der Waals surface area contributed by atoms with Crippen molar-refractivity contribution < 1.29 is 9.18 Å². The van der Waals surface area contributed by atoms with Crippen LogP contribution in [0.25, 0.3) is 0 Å². The summed E-state index contributed by atoms with van der Waals surface area (Å²) in [6, 6.07) is 7.08. The maximum absolute atomic E-state index is 12.9. The SMILES string of the molecule is Cc1cc(NC(=O)c2ccc(F)cc2N)ccn1. The summed E-state index contributed by atoms with van der Waals surface area (Å²) in [5.74, 6) is -0.845. The van der Waals surface area contributed by atoms with Crippen LogP contribution in [0.15, 0.2) is 36.5 Å². The van der Waals surface area contributed by atoms with E-state index < -0.39 is 5.82 Å². The molecule has 1 amide bonds. The summed E-state index contributed by atoms with van der Waals surface area (Å²) in [6.07, 6.45) is 1.60. The van der Waals surface area contributed by atoms with Gasteiger partial charge in [-0.3, -0.25) is 9.78 Å². The highest BCUT2D eigenvalue weighted by atomic mass is 19.1. The molecule has 1 heterocycles. The highest BCUT2D eigenvalue weighted by Crippen LogP contribution is 2.16. The zero-order valence-corrected chi connectivity index (χ0v) is 9.77. The van der Waals surface area contributed by atoms with Crippen LogP contribution in [0.5, 0.6) is 0 Å². The number of hydrogen-bond donors (Lipinski definition) is 2. The molecule has 0 radical (unpaired) electrons. The second-order valence-electron chi connectivity index (χ2n) is 3.87. The number of benzene rings is 1. The van der Waals surface area contributed by atoms with Crippen LogP contribution in [0.4, 0.5) is 15.8 Å². The standard InChI is InChI=1S/C13H12FN3O/c1-8-6-10(4-5-16-8)17-13(18)11-3-2-9(14)7-12(11)15/h2-7H,15H2,1H3,(H,16,17,18). The molecule has 0 saturated heterocycles. The van der Waals surface area contributed by atoms with Crippen LogP contribution in [0.3, 0.4) is 0 Å². The Kier molecular flexibility index (Phi) is 3.23. The Morgan fingerprint density at radius 3 is 2.78 bits per heavy atom. The van der Waals surface area contributed by atoms with E-state index in [-0.39, 0.29) is 17.2 Å². The van der Waals surface area contributed by atoms with Crippen LogP contribution in [0.1, 0.15) is 16.1 Å². The van der Waals surface area contributed by atoms with E-state index in [0.717, 1.165) is 11.8 Å². The molecule has 4 nitrogen and oxygen atoms in total. The minimum atomic E-state index is -0.469. The lowest BCUT2D eigenvalue weighted by Crippen LogP contribution is -2.14. The van der Waals surface area contributed by atoms with Crippen molar-refractivity contribution in [3.63, 3.8) is 0 Å². The highest BCUT2D eigenvalue weighted by Gasteiger charge is 2.10. The Morgan fingerprint density at radius 2 is 2.11 bits per heavy atom. The number of aromatic nitrogens is 1. The molecule has 3 N–H and O–H groups in total. The molecule has 0 aliphatic heterocycles. The zero-order chi connectivity index (χ0) is 13.1. The van der Waals surface area contributed by atoms with Crippen molar-refractivity contribution >= 4 is 17.3 Å². The van der Waals surface area contributed by atoms with Crippen LogP contribution < -0.4 is 11.1 Å². The first-order valence-electron chi connectivity index (χ1n) is 5.35. The Hall–Kier alpha value is -2.43. The van der Waals surface area contributed by atoms with Crippen molar-refractivity contribution in [1.82, 2.24) is 4.98 Å². The molecule has 0 bridgehead atoms. The van der Waals surface area contributed by atoms with Crippen LogP contribution in [-0.4, -0.2) is 10.9 Å². The minimum Gasteiger partial charge on any atom is -0.398 e. The summed E-state index contributed by atoms with van der Waals surface area (Å²) in [6.45, 7) is 1.82. The van der Waals surface area contributed by atoms with Gasteiger partial charge in [-0.25, -0.2) is 4.39 Å². The van der Waals surface area contributed by atoms with E-state index in [4.69, 9.17) is 5.73 Å². The third kappa shape index (κ3) is 2.63. The maximum Gasteiger partial charge on any atom is 0.257 e. The minimum absolute atomic E-state index is 0.110. The maximum atomic E-state index is 12.9. The van der Waals surface area contributed by atoms with Gasteiger partial charge in [-0.15, -0.1) is 0 Å². The number of nitrogens with two attached hydrogens (primary N) is 1. The third-order valence-corrected chi connectivity index (χ3v) is 2.41. The molecule has 1 aromatic carbocycles. The molecule has 0 spiro atoms. The predicted octanol–water partition coefficient (Wildman–Crippen LogP) is 2.36. The average Bonchev–Trinajstić information content (AvgIpc) is 2.28. The molecule has 0 aliphatic rings. The van der Waals surface area contributed by atoms with Gasteiger partial charge >= 0.3 is 0 Å². The van der Waals surface area contributed by atoms with Gasteiger partial charge in [0, 0.05) is 23.3 Å². The summed E-state index contributed by atoms with van der Waals surface area (Å²) >= 11 is 0. The molecule has 5 heteroatoms. The Morgan fingerprint density at radius 1 is 1.33 bits per heavy atom. The van der Waals surface area contributed by atoms with Gasteiger partial charge in [0.15, 0.2) is 0 Å². The second-order valence-corrected chi connectivity index (χ2v) is 3.87. The third-order valence-electron chi connectivity index (χ3n) is 2.41. The van der Waals surface area contributed by atoms with Crippen molar-refractivity contribution in [2.24, 2.45) is 0 Å². The van der Waals surface area contributed by atoms with Crippen LogP contribution in [-0.2, 0) is 0 Å². The summed E-state index contributed by atoms with van der Waals surface area (Å²) < 4.78 is 12.9. The van der Waals surface area contributed by atoms with Gasteiger partial charge in [-0.2, -0.15) is 0 Å². The molecular weight excluding hydrogens is 233 g/mol. The Bertz CT molecular complexity index is 599. The number of rotatable bonds is 2. The average molecular weight is 245 g/mol. The fourth-order valence-corrected chi connectivity index (χ4v) is 1.56. The van der Waals surface area contributed by atoms with Crippen molar-refractivity contribution in [2.75, 3.05) is 11.1 Å². The van der Waals surface area contributed by atoms with Crippen molar-refractivity contribution in [3.8, 4) is 0 Å². The first-order valence-corrected chi connectivity index (χ1v) is 5.35. The highest BCUT2D eigenvalue weighted by molar-refractivity contribution is 6.07. The van der Waals surface area contributed by atoms with Crippen LogP contribution in [0, 0.1) is 12.7 Å². The number of carbonyl (C=O) groups excluding carboxylic acids is 1. The molecule has 18 heavy (non-hydrogen) atoms. The van der Waals surface area contributed by atoms with Gasteiger partial charge in [-0.1, -0.05) is 0 Å². The molecule has 0 unspecified atom stereocenters. The summed E-state index contributed by atoms with van der Waals surface area (Å²) in [7, 11) is 0. The number of nitrogens with zero attached hydrogens (tertiary/aromatic N) is 1. The number of aryl methyl sites for hydroxylation is 1. The first-order chi connectivity index (χ1) is 8.56. The van der Waals surface area contributed by atoms with Gasteiger partial charge in [0.05, 0.1) is 5.56 Å². The van der Waals surface area contributed by atoms with E-state index in [1.54, 1.807) is 18.3 Å². The first kappa shape index (κ1) is 12.0. The molecule has 0 aliphatic carbocycles. The van der Waals surface area contributed by atoms with Crippen molar-refractivity contribution in [2.45, 2.75) is 6.92 Å². The Balaban J connectivity index is 2.22. The fraction of sp³-hybridized carbons (Fsp3) is 0.0769. The van der Waals surface area contributed by atoms with Gasteiger partial charge in [0.1, 0.15) is 5.82 Å². The summed E-state index contributed by atoms with van der Waals surface area (Å²) in [5, 5.41) is 2.68. The molecule has 0 fully saturated rings. The largest absolute Gasteiger partial charge is 0.398 e. The summed E-state index contributed by atoms with van der Waals surface area (Å²) in [5.41, 5.74) is 7.36. The number of pyridine rings is 1. The second kappa shape index (κ2) is 4.83. The van der Waals surface area contributed by atoms with Gasteiger partial charge in [-0.05, 0) is 37.3 Å². The number of amides is 1. The lowest BCUT2D eigenvalue weighted by Gasteiger charge is -2.07. The monoisotopic (exact) mass is 245 g/mol. The van der Waals surface area contributed by atoms with Gasteiger partial charge < -0.3 is 11.1 Å². The topological polar surface area (TPSA) is 68.0 Å². The number of hydrogen-bond acceptors (Lipinski definition) is 3. The van der Waals surface area contributed by atoms with E-state index in [1.165, 1.54) is 12.1 Å². The number of nitrogens with one attached hydrogen (secondary N) is 1. The van der Waals surface area contributed by atoms with Crippen LogP contribution in [0.2, 0.25) is 0 Å². The van der Waals surface area contributed by atoms with E-state index in [0.29, 0.717) is 5.69 Å². The quantitative estimate of drug-likeness (QED) is 0.798. The summed E-state index contributed by atoms with van der Waals surface area (Å²) in [4.78, 5) is 15.9. The van der Waals surface area contributed by atoms with Crippen LogP contribution >= 0.6 is 0 Å². The predicted molar refractivity (Wildman–Crippen MR) is 67.7 cm³/mol. The van der Waals surface area contributed by atoms with Gasteiger partial charge in [0.2, 0.25) is 0 Å². The van der Waals surface area contributed by atoms with E-state index in [1.807, 2.05) is 6.92 Å². The number of anilines is 2. The molecule has 92 valence electrons. The molecule has 0 saturated carbocycles. The zero-order valence-electron chi connectivity index (χ0n) is 9.77. The molecular formula is C13H12FN3O. The van der Waals surface area contributed by atoms with E-state index >= 15 is 0 Å².